The van der Waals surface area contributed by atoms with Crippen molar-refractivity contribution in [2.45, 2.75) is 19.8 Å². The lowest BCUT2D eigenvalue weighted by Crippen LogP contribution is -2.38. The highest BCUT2D eigenvalue weighted by atomic mass is 16.2. The molecule has 18 heavy (non-hydrogen) atoms. The van der Waals surface area contributed by atoms with Crippen molar-refractivity contribution in [3.63, 3.8) is 0 Å². The summed E-state index contributed by atoms with van der Waals surface area (Å²) in [7, 11) is 0. The summed E-state index contributed by atoms with van der Waals surface area (Å²) in [5, 5.41) is 0. The number of H-pyrrole nitrogens is 1. The fourth-order valence-electron chi connectivity index (χ4n) is 2.45. The molecule has 3 heterocycles. The third kappa shape index (κ3) is 1.98. The lowest BCUT2D eigenvalue weighted by molar-refractivity contribution is 0.0692. The molecule has 0 aliphatic carbocycles. The largest absolute Gasteiger partial charge is 0.349 e. The second-order valence-electron chi connectivity index (χ2n) is 5.09. The highest BCUT2D eigenvalue weighted by Crippen LogP contribution is 2.19. The molecule has 0 radical (unpaired) electrons. The van der Waals surface area contributed by atoms with Crippen LogP contribution < -0.4 is 0 Å². The Bertz CT molecular complexity index is 534. The molecule has 4 nitrogen and oxygen atoms in total. The monoisotopic (exact) mass is 243 g/mol. The van der Waals surface area contributed by atoms with Gasteiger partial charge in [0.1, 0.15) is 5.69 Å². The van der Waals surface area contributed by atoms with Crippen LogP contribution in [0, 0.1) is 5.92 Å². The number of pyridine rings is 1. The summed E-state index contributed by atoms with van der Waals surface area (Å²) in [5.41, 5.74) is 2.43. The number of likely N-dealkylation sites (tertiary alicyclic amines) is 1. The van der Waals surface area contributed by atoms with Crippen molar-refractivity contribution in [3.8, 4) is 0 Å². The number of rotatable bonds is 1. The summed E-state index contributed by atoms with van der Waals surface area (Å²) in [6.45, 7) is 3.97. The maximum absolute atomic E-state index is 12.3. The van der Waals surface area contributed by atoms with E-state index in [1.807, 2.05) is 23.1 Å². The minimum absolute atomic E-state index is 0.0971. The first kappa shape index (κ1) is 11.3. The van der Waals surface area contributed by atoms with Gasteiger partial charge < -0.3 is 9.88 Å². The van der Waals surface area contributed by atoms with Crippen LogP contribution in [0.3, 0.4) is 0 Å². The molecule has 0 aromatic carbocycles. The van der Waals surface area contributed by atoms with Gasteiger partial charge in [0, 0.05) is 19.3 Å². The van der Waals surface area contributed by atoms with Crippen LogP contribution in [0.1, 0.15) is 30.3 Å². The molecule has 1 N–H and O–H groups in total. The highest BCUT2D eigenvalue weighted by molar-refractivity contribution is 5.97. The Morgan fingerprint density at radius 3 is 2.94 bits per heavy atom. The molecule has 0 bridgehead atoms. The van der Waals surface area contributed by atoms with Crippen molar-refractivity contribution in [2.24, 2.45) is 5.92 Å². The zero-order valence-electron chi connectivity index (χ0n) is 10.5. The van der Waals surface area contributed by atoms with Gasteiger partial charge in [-0.1, -0.05) is 6.92 Å². The molecule has 1 saturated heterocycles. The summed E-state index contributed by atoms with van der Waals surface area (Å²) in [4.78, 5) is 21.7. The highest BCUT2D eigenvalue weighted by Gasteiger charge is 2.22. The van der Waals surface area contributed by atoms with E-state index in [1.165, 1.54) is 0 Å². The average molecular weight is 243 g/mol. The molecule has 2 aromatic heterocycles. The lowest BCUT2D eigenvalue weighted by atomic mass is 9.99. The van der Waals surface area contributed by atoms with Crippen LogP contribution in [0.25, 0.3) is 11.0 Å². The summed E-state index contributed by atoms with van der Waals surface area (Å²) < 4.78 is 0. The van der Waals surface area contributed by atoms with E-state index in [-0.39, 0.29) is 5.91 Å². The standard InChI is InChI=1S/C14H17N3O/c1-10-4-7-17(8-5-10)14(18)13-9-12-11(16-13)3-2-6-15-12/h2-3,6,9-10,16H,4-5,7-8H2,1H3. The van der Waals surface area contributed by atoms with E-state index in [4.69, 9.17) is 0 Å². The first-order valence-electron chi connectivity index (χ1n) is 6.47. The van der Waals surface area contributed by atoms with E-state index in [1.54, 1.807) is 6.20 Å². The number of fused-ring (bicyclic) bond motifs is 1. The van der Waals surface area contributed by atoms with Crippen LogP contribution in [0.15, 0.2) is 24.4 Å². The topological polar surface area (TPSA) is 49.0 Å². The van der Waals surface area contributed by atoms with Gasteiger partial charge in [0.2, 0.25) is 0 Å². The minimum atomic E-state index is 0.0971. The van der Waals surface area contributed by atoms with Gasteiger partial charge >= 0.3 is 0 Å². The molecule has 1 aliphatic rings. The van der Waals surface area contributed by atoms with Crippen LogP contribution in [0.2, 0.25) is 0 Å². The van der Waals surface area contributed by atoms with Crippen LogP contribution in [0.5, 0.6) is 0 Å². The van der Waals surface area contributed by atoms with Gasteiger partial charge in [0.05, 0.1) is 11.0 Å². The average Bonchev–Trinajstić information content (AvgIpc) is 2.82. The number of hydrogen-bond acceptors (Lipinski definition) is 2. The zero-order valence-corrected chi connectivity index (χ0v) is 10.5. The van der Waals surface area contributed by atoms with E-state index >= 15 is 0 Å². The molecule has 3 rings (SSSR count). The fourth-order valence-corrected chi connectivity index (χ4v) is 2.45. The van der Waals surface area contributed by atoms with Crippen LogP contribution in [0.4, 0.5) is 0 Å². The molecule has 0 atom stereocenters. The number of aromatic amines is 1. The molecule has 0 spiro atoms. The van der Waals surface area contributed by atoms with Gasteiger partial charge in [-0.2, -0.15) is 0 Å². The van der Waals surface area contributed by atoms with Crippen molar-refractivity contribution >= 4 is 16.9 Å². The third-order valence-corrected chi connectivity index (χ3v) is 3.69. The number of piperidine rings is 1. The number of carbonyl (C=O) groups is 1. The molecule has 0 saturated carbocycles. The molecular weight excluding hydrogens is 226 g/mol. The lowest BCUT2D eigenvalue weighted by Gasteiger charge is -2.29. The Balaban J connectivity index is 1.83. The van der Waals surface area contributed by atoms with E-state index in [0.717, 1.165) is 42.9 Å². The zero-order chi connectivity index (χ0) is 12.5. The summed E-state index contributed by atoms with van der Waals surface area (Å²) in [6, 6.07) is 5.66. The summed E-state index contributed by atoms with van der Waals surface area (Å²) in [5.74, 6) is 0.832. The number of hydrogen-bond donors (Lipinski definition) is 1. The summed E-state index contributed by atoms with van der Waals surface area (Å²) >= 11 is 0. The maximum Gasteiger partial charge on any atom is 0.270 e. The molecule has 2 aromatic rings. The maximum atomic E-state index is 12.3. The first-order valence-corrected chi connectivity index (χ1v) is 6.47. The number of amides is 1. The molecular formula is C14H17N3O. The Labute approximate surface area is 106 Å². The molecule has 1 fully saturated rings. The van der Waals surface area contributed by atoms with Crippen LogP contribution in [-0.2, 0) is 0 Å². The van der Waals surface area contributed by atoms with Crippen LogP contribution in [-0.4, -0.2) is 33.9 Å². The number of aromatic nitrogens is 2. The van der Waals surface area contributed by atoms with Crippen molar-refractivity contribution in [1.82, 2.24) is 14.9 Å². The van der Waals surface area contributed by atoms with Crippen LogP contribution >= 0.6 is 0 Å². The predicted octanol–water partition coefficient (Wildman–Crippen LogP) is 2.44. The Kier molecular flexibility index (Phi) is 2.78. The molecule has 4 heteroatoms. The summed E-state index contributed by atoms with van der Waals surface area (Å²) in [6.07, 6.45) is 3.95. The van der Waals surface area contributed by atoms with E-state index in [9.17, 15) is 4.79 Å². The van der Waals surface area contributed by atoms with Gasteiger partial charge in [0.25, 0.3) is 5.91 Å². The predicted molar refractivity (Wildman–Crippen MR) is 70.4 cm³/mol. The van der Waals surface area contributed by atoms with Crippen molar-refractivity contribution in [1.29, 1.82) is 0 Å². The number of nitrogens with zero attached hydrogens (tertiary/aromatic N) is 2. The molecule has 0 unspecified atom stereocenters. The number of nitrogens with one attached hydrogen (secondary N) is 1. The third-order valence-electron chi connectivity index (χ3n) is 3.69. The van der Waals surface area contributed by atoms with E-state index in [0.29, 0.717) is 5.69 Å². The smallest absolute Gasteiger partial charge is 0.270 e. The van der Waals surface area contributed by atoms with Gasteiger partial charge in [-0.05, 0) is 37.0 Å². The van der Waals surface area contributed by atoms with Crippen molar-refractivity contribution in [2.75, 3.05) is 13.1 Å². The normalized spacial score (nSPS) is 17.3. The SMILES string of the molecule is CC1CCN(C(=O)c2cc3ncccc3[nH]2)CC1. The first-order chi connectivity index (χ1) is 8.74. The Morgan fingerprint density at radius 1 is 1.44 bits per heavy atom. The molecule has 1 amide bonds. The van der Waals surface area contributed by atoms with Crippen molar-refractivity contribution in [3.05, 3.63) is 30.1 Å². The Hall–Kier alpha value is -1.84. The van der Waals surface area contributed by atoms with Gasteiger partial charge in [-0.15, -0.1) is 0 Å². The van der Waals surface area contributed by atoms with Gasteiger partial charge in [-0.25, -0.2) is 0 Å². The molecule has 94 valence electrons. The van der Waals surface area contributed by atoms with Crippen molar-refractivity contribution < 1.29 is 4.79 Å². The second-order valence-corrected chi connectivity index (χ2v) is 5.09. The minimum Gasteiger partial charge on any atom is -0.349 e. The van der Waals surface area contributed by atoms with Gasteiger partial charge in [-0.3, -0.25) is 9.78 Å². The quantitative estimate of drug-likeness (QED) is 0.836. The fraction of sp³-hybridized carbons (Fsp3) is 0.429. The Morgan fingerprint density at radius 2 is 2.22 bits per heavy atom. The number of carbonyl (C=O) groups excluding carboxylic acids is 1. The molecule has 1 aliphatic heterocycles. The second kappa shape index (κ2) is 4.44. The van der Waals surface area contributed by atoms with E-state index in [2.05, 4.69) is 16.9 Å². The van der Waals surface area contributed by atoms with E-state index < -0.39 is 0 Å². The van der Waals surface area contributed by atoms with Gasteiger partial charge in [0.15, 0.2) is 0 Å².